The van der Waals surface area contributed by atoms with E-state index in [0.29, 0.717) is 0 Å². The average molecular weight is 188 g/mol. The molecule has 0 N–H and O–H groups in total. The lowest BCUT2D eigenvalue weighted by Crippen LogP contribution is -1.96. The molecule has 0 saturated heterocycles. The first-order valence-electron chi connectivity index (χ1n) is 4.18. The van der Waals surface area contributed by atoms with E-state index in [9.17, 15) is 4.79 Å². The molecule has 0 saturated carbocycles. The Bertz CT molecular complexity index is 340. The van der Waals surface area contributed by atoms with Gasteiger partial charge in [-0.05, 0) is 37.0 Å². The lowest BCUT2D eigenvalue weighted by Gasteiger charge is -1.91. The minimum atomic E-state index is -0.296. The standard InChI is InChI=1S/C12H12O2/c1-3-4-5-6-7-8-9-10-11-14-12(2)13/h3-4,9-10H,11H2,1-2H3/b4-3+,10-9+. The third-order valence-corrected chi connectivity index (χ3v) is 1.04. The van der Waals surface area contributed by atoms with Gasteiger partial charge in [0.25, 0.3) is 0 Å². The maximum absolute atomic E-state index is 10.3. The zero-order chi connectivity index (χ0) is 10.6. The number of hydrogen-bond acceptors (Lipinski definition) is 2. The molecule has 0 aromatic heterocycles. The average Bonchev–Trinajstić information content (AvgIpc) is 2.15. The van der Waals surface area contributed by atoms with Crippen LogP contribution in [0, 0.1) is 23.7 Å². The van der Waals surface area contributed by atoms with Gasteiger partial charge in [-0.2, -0.15) is 0 Å². The molecule has 14 heavy (non-hydrogen) atoms. The number of esters is 1. The second kappa shape index (κ2) is 9.16. The van der Waals surface area contributed by atoms with Gasteiger partial charge in [-0.25, -0.2) is 0 Å². The van der Waals surface area contributed by atoms with Crippen LogP contribution in [0.4, 0.5) is 0 Å². The maximum atomic E-state index is 10.3. The Morgan fingerprint density at radius 2 is 1.93 bits per heavy atom. The molecule has 0 rings (SSSR count). The smallest absolute Gasteiger partial charge is 0.302 e. The predicted octanol–water partition coefficient (Wildman–Crippen LogP) is 1.69. The summed E-state index contributed by atoms with van der Waals surface area (Å²) < 4.78 is 4.65. The number of allylic oxidation sites excluding steroid dienone is 3. The van der Waals surface area contributed by atoms with Crippen molar-refractivity contribution in [1.29, 1.82) is 0 Å². The Kier molecular flexibility index (Phi) is 7.90. The van der Waals surface area contributed by atoms with Gasteiger partial charge in [-0.1, -0.05) is 17.9 Å². The predicted molar refractivity (Wildman–Crippen MR) is 56.1 cm³/mol. The molecule has 0 bridgehead atoms. The molecular formula is C12H12O2. The lowest BCUT2D eigenvalue weighted by atomic mass is 10.4. The van der Waals surface area contributed by atoms with E-state index in [-0.39, 0.29) is 12.6 Å². The largest absolute Gasteiger partial charge is 0.462 e. The molecule has 0 heterocycles. The van der Waals surface area contributed by atoms with Crippen molar-refractivity contribution in [1.82, 2.24) is 0 Å². The fraction of sp³-hybridized carbons (Fsp3) is 0.250. The number of rotatable bonds is 2. The van der Waals surface area contributed by atoms with Crippen molar-refractivity contribution < 1.29 is 9.53 Å². The number of ether oxygens (including phenoxy) is 1. The molecule has 0 aliphatic heterocycles. The van der Waals surface area contributed by atoms with E-state index in [4.69, 9.17) is 0 Å². The van der Waals surface area contributed by atoms with Crippen molar-refractivity contribution in [3.8, 4) is 23.7 Å². The van der Waals surface area contributed by atoms with Gasteiger partial charge in [0, 0.05) is 6.92 Å². The van der Waals surface area contributed by atoms with E-state index in [1.54, 1.807) is 18.2 Å². The molecule has 0 amide bonds. The zero-order valence-electron chi connectivity index (χ0n) is 8.33. The molecule has 0 aromatic carbocycles. The first-order chi connectivity index (χ1) is 6.77. The normalized spacial score (nSPS) is 9.00. The van der Waals surface area contributed by atoms with Crippen LogP contribution < -0.4 is 0 Å². The van der Waals surface area contributed by atoms with E-state index in [1.807, 2.05) is 13.0 Å². The van der Waals surface area contributed by atoms with Gasteiger partial charge in [-0.3, -0.25) is 4.79 Å². The fourth-order valence-electron chi connectivity index (χ4n) is 0.511. The Labute approximate surface area is 84.6 Å². The van der Waals surface area contributed by atoms with Crippen molar-refractivity contribution in [2.24, 2.45) is 0 Å². The topological polar surface area (TPSA) is 26.3 Å². The summed E-state index contributed by atoms with van der Waals surface area (Å²) in [5.41, 5.74) is 0. The molecular weight excluding hydrogens is 176 g/mol. The highest BCUT2D eigenvalue weighted by molar-refractivity contribution is 5.66. The summed E-state index contributed by atoms with van der Waals surface area (Å²) in [7, 11) is 0. The summed E-state index contributed by atoms with van der Waals surface area (Å²) in [6, 6.07) is 0. The van der Waals surface area contributed by atoms with Crippen molar-refractivity contribution >= 4 is 5.97 Å². The first-order valence-corrected chi connectivity index (χ1v) is 4.18. The van der Waals surface area contributed by atoms with Gasteiger partial charge in [0.1, 0.15) is 6.61 Å². The molecule has 0 spiro atoms. The van der Waals surface area contributed by atoms with Gasteiger partial charge in [0.2, 0.25) is 0 Å². The SMILES string of the molecule is C/C=C/C#CC#C/C=C/COC(C)=O. The number of hydrogen-bond donors (Lipinski definition) is 0. The summed E-state index contributed by atoms with van der Waals surface area (Å²) >= 11 is 0. The van der Waals surface area contributed by atoms with Gasteiger partial charge in [0.15, 0.2) is 0 Å². The summed E-state index contributed by atoms with van der Waals surface area (Å²) in [5.74, 6) is 10.4. The monoisotopic (exact) mass is 188 g/mol. The quantitative estimate of drug-likeness (QED) is 0.487. The third kappa shape index (κ3) is 10.1. The fourth-order valence-corrected chi connectivity index (χ4v) is 0.511. The second-order valence-electron chi connectivity index (χ2n) is 2.24. The number of carbonyl (C=O) groups excluding carboxylic acids is 1. The van der Waals surface area contributed by atoms with E-state index in [2.05, 4.69) is 28.4 Å². The van der Waals surface area contributed by atoms with Crippen molar-refractivity contribution in [2.45, 2.75) is 13.8 Å². The molecule has 2 heteroatoms. The molecule has 0 unspecified atom stereocenters. The summed E-state index contributed by atoms with van der Waals surface area (Å²) in [4.78, 5) is 10.3. The minimum Gasteiger partial charge on any atom is -0.462 e. The highest BCUT2D eigenvalue weighted by atomic mass is 16.5. The lowest BCUT2D eigenvalue weighted by molar-refractivity contribution is -0.139. The molecule has 0 fully saturated rings. The summed E-state index contributed by atoms with van der Waals surface area (Å²) in [6.45, 7) is 3.51. The van der Waals surface area contributed by atoms with Crippen molar-refractivity contribution in [3.05, 3.63) is 24.3 Å². The molecule has 0 aliphatic rings. The number of carbonyl (C=O) groups is 1. The van der Waals surface area contributed by atoms with Gasteiger partial charge in [0.05, 0.1) is 0 Å². The van der Waals surface area contributed by atoms with Crippen LogP contribution in [0.25, 0.3) is 0 Å². The molecule has 2 nitrogen and oxygen atoms in total. The molecule has 72 valence electrons. The summed E-state index contributed by atoms with van der Waals surface area (Å²) in [6.07, 6.45) is 6.82. The van der Waals surface area contributed by atoms with Crippen LogP contribution in [0.5, 0.6) is 0 Å². The zero-order valence-corrected chi connectivity index (χ0v) is 8.33. The summed E-state index contributed by atoms with van der Waals surface area (Å²) in [5, 5.41) is 0. The minimum absolute atomic E-state index is 0.256. The highest BCUT2D eigenvalue weighted by Crippen LogP contribution is 1.77. The van der Waals surface area contributed by atoms with Crippen molar-refractivity contribution in [3.63, 3.8) is 0 Å². The molecule has 0 atom stereocenters. The van der Waals surface area contributed by atoms with E-state index >= 15 is 0 Å². The van der Waals surface area contributed by atoms with Crippen LogP contribution in [0.1, 0.15) is 13.8 Å². The van der Waals surface area contributed by atoms with Crippen LogP contribution >= 0.6 is 0 Å². The van der Waals surface area contributed by atoms with Crippen LogP contribution in [-0.2, 0) is 9.53 Å². The highest BCUT2D eigenvalue weighted by Gasteiger charge is 1.84. The van der Waals surface area contributed by atoms with E-state index in [1.165, 1.54) is 6.92 Å². The van der Waals surface area contributed by atoms with Crippen LogP contribution in [-0.4, -0.2) is 12.6 Å². The van der Waals surface area contributed by atoms with Crippen LogP contribution in [0.15, 0.2) is 24.3 Å². The first kappa shape index (κ1) is 12.1. The van der Waals surface area contributed by atoms with Gasteiger partial charge < -0.3 is 4.74 Å². The Hall–Kier alpha value is -1.93. The van der Waals surface area contributed by atoms with E-state index < -0.39 is 0 Å². The van der Waals surface area contributed by atoms with Crippen LogP contribution in [0.2, 0.25) is 0 Å². The van der Waals surface area contributed by atoms with Crippen LogP contribution in [0.3, 0.4) is 0 Å². The molecule has 0 radical (unpaired) electrons. The second-order valence-corrected chi connectivity index (χ2v) is 2.24. The third-order valence-electron chi connectivity index (χ3n) is 1.04. The van der Waals surface area contributed by atoms with Crippen molar-refractivity contribution in [2.75, 3.05) is 6.61 Å². The molecule has 0 aromatic rings. The maximum Gasteiger partial charge on any atom is 0.302 e. The Morgan fingerprint density at radius 1 is 1.29 bits per heavy atom. The Balaban J connectivity index is 3.71. The van der Waals surface area contributed by atoms with Gasteiger partial charge >= 0.3 is 5.97 Å². The molecule has 0 aliphatic carbocycles. The Morgan fingerprint density at radius 3 is 2.50 bits per heavy atom. The van der Waals surface area contributed by atoms with E-state index in [0.717, 1.165) is 0 Å². The van der Waals surface area contributed by atoms with Gasteiger partial charge in [-0.15, -0.1) is 0 Å².